The van der Waals surface area contributed by atoms with Gasteiger partial charge in [-0.05, 0) is 0 Å². The third-order valence-corrected chi connectivity index (χ3v) is 1.18. The van der Waals surface area contributed by atoms with Gasteiger partial charge in [0.05, 0.1) is 13.2 Å². The van der Waals surface area contributed by atoms with Crippen LogP contribution in [0.5, 0.6) is 0 Å². The molecule has 1 fully saturated rings. The summed E-state index contributed by atoms with van der Waals surface area (Å²) < 4.78 is 4.97. The van der Waals surface area contributed by atoms with Crippen LogP contribution in [0.25, 0.3) is 0 Å². The van der Waals surface area contributed by atoms with E-state index >= 15 is 0 Å². The molecule has 0 aliphatic carbocycles. The van der Waals surface area contributed by atoms with Gasteiger partial charge in [0.15, 0.2) is 0 Å². The molecular formula is C5H10N2O2. The fourth-order valence-electron chi connectivity index (χ4n) is 0.663. The van der Waals surface area contributed by atoms with E-state index in [0.717, 1.165) is 0 Å². The summed E-state index contributed by atoms with van der Waals surface area (Å²) >= 11 is 0. The summed E-state index contributed by atoms with van der Waals surface area (Å²) in [4.78, 5) is 10.7. The number of nitrogens with one attached hydrogen (secondary N) is 1. The highest BCUT2D eigenvalue weighted by molar-refractivity contribution is 5.81. The van der Waals surface area contributed by atoms with Crippen molar-refractivity contribution in [1.29, 1.82) is 0 Å². The lowest BCUT2D eigenvalue weighted by Gasteiger charge is -2.03. The molecule has 0 unspecified atom stereocenters. The normalized spacial score (nSPS) is 29.0. The summed E-state index contributed by atoms with van der Waals surface area (Å²) in [6.07, 6.45) is 0. The fourth-order valence-corrected chi connectivity index (χ4v) is 0.663. The number of rotatable bonds is 0. The molecule has 1 aliphatic rings. The molecule has 0 aromatic carbocycles. The number of nitrogens with two attached hydrogens (primary N) is 1. The molecule has 0 spiro atoms. The predicted molar refractivity (Wildman–Crippen MR) is 31.8 cm³/mol. The largest absolute Gasteiger partial charge is 0.377 e. The van der Waals surface area contributed by atoms with Gasteiger partial charge in [-0.25, -0.2) is 0 Å². The Labute approximate surface area is 53.4 Å². The van der Waals surface area contributed by atoms with Gasteiger partial charge in [-0.3, -0.25) is 4.79 Å². The van der Waals surface area contributed by atoms with E-state index in [1.54, 1.807) is 0 Å². The molecule has 0 aromatic heterocycles. The minimum Gasteiger partial charge on any atom is -0.377 e. The SMILES string of the molecule is N[C@@H]1COCCNC1=O. The van der Waals surface area contributed by atoms with Crippen LogP contribution in [0.3, 0.4) is 0 Å². The quantitative estimate of drug-likeness (QED) is 0.417. The average Bonchev–Trinajstić information content (AvgIpc) is 1.99. The van der Waals surface area contributed by atoms with E-state index in [4.69, 9.17) is 10.5 Å². The van der Waals surface area contributed by atoms with Crippen molar-refractivity contribution < 1.29 is 9.53 Å². The number of carbonyl (C=O) groups excluding carboxylic acids is 1. The maximum absolute atomic E-state index is 10.7. The second-order valence-corrected chi connectivity index (χ2v) is 1.97. The van der Waals surface area contributed by atoms with Gasteiger partial charge >= 0.3 is 0 Å². The van der Waals surface area contributed by atoms with E-state index in [-0.39, 0.29) is 5.91 Å². The first-order chi connectivity index (χ1) is 4.30. The van der Waals surface area contributed by atoms with Crippen LogP contribution in [0.2, 0.25) is 0 Å². The van der Waals surface area contributed by atoms with Gasteiger partial charge in [0, 0.05) is 6.54 Å². The molecule has 1 saturated heterocycles. The van der Waals surface area contributed by atoms with E-state index in [0.29, 0.717) is 19.8 Å². The second kappa shape index (κ2) is 2.80. The van der Waals surface area contributed by atoms with Crippen LogP contribution in [0, 0.1) is 0 Å². The van der Waals surface area contributed by atoms with Crippen molar-refractivity contribution in [2.75, 3.05) is 19.8 Å². The lowest BCUT2D eigenvalue weighted by atomic mass is 10.3. The summed E-state index contributed by atoms with van der Waals surface area (Å²) in [7, 11) is 0. The predicted octanol–water partition coefficient (Wildman–Crippen LogP) is -1.54. The molecule has 0 aromatic rings. The van der Waals surface area contributed by atoms with E-state index in [2.05, 4.69) is 5.32 Å². The third-order valence-electron chi connectivity index (χ3n) is 1.18. The fraction of sp³-hybridized carbons (Fsp3) is 0.800. The minimum atomic E-state index is -0.479. The van der Waals surface area contributed by atoms with Gasteiger partial charge in [0.1, 0.15) is 6.04 Å². The van der Waals surface area contributed by atoms with Crippen LogP contribution in [0.1, 0.15) is 0 Å². The topological polar surface area (TPSA) is 64.3 Å². The smallest absolute Gasteiger partial charge is 0.239 e. The minimum absolute atomic E-state index is 0.118. The Morgan fingerprint density at radius 1 is 1.78 bits per heavy atom. The van der Waals surface area contributed by atoms with Crippen LogP contribution in [-0.2, 0) is 9.53 Å². The number of amides is 1. The van der Waals surface area contributed by atoms with Gasteiger partial charge in [-0.1, -0.05) is 0 Å². The number of hydrogen-bond donors (Lipinski definition) is 2. The Morgan fingerprint density at radius 2 is 2.56 bits per heavy atom. The van der Waals surface area contributed by atoms with Gasteiger partial charge in [-0.2, -0.15) is 0 Å². The molecule has 3 N–H and O–H groups in total. The van der Waals surface area contributed by atoms with Crippen LogP contribution in [-0.4, -0.2) is 31.7 Å². The Bertz CT molecular complexity index is 116. The monoisotopic (exact) mass is 130 g/mol. The summed E-state index contributed by atoms with van der Waals surface area (Å²) in [5.41, 5.74) is 5.34. The Morgan fingerprint density at radius 3 is 3.33 bits per heavy atom. The molecule has 4 heteroatoms. The maximum Gasteiger partial charge on any atom is 0.239 e. The Hall–Kier alpha value is -0.610. The molecule has 0 bridgehead atoms. The van der Waals surface area contributed by atoms with Crippen LogP contribution in [0.4, 0.5) is 0 Å². The van der Waals surface area contributed by atoms with Crippen LogP contribution >= 0.6 is 0 Å². The van der Waals surface area contributed by atoms with Crippen LogP contribution in [0.15, 0.2) is 0 Å². The number of carbonyl (C=O) groups is 1. The van der Waals surface area contributed by atoms with Crippen molar-refractivity contribution >= 4 is 5.91 Å². The molecule has 1 atom stereocenters. The van der Waals surface area contributed by atoms with Crippen molar-refractivity contribution in [2.45, 2.75) is 6.04 Å². The molecule has 1 amide bonds. The summed E-state index contributed by atoms with van der Waals surface area (Å²) in [5, 5.41) is 2.61. The zero-order chi connectivity index (χ0) is 6.69. The summed E-state index contributed by atoms with van der Waals surface area (Å²) in [5.74, 6) is -0.118. The summed E-state index contributed by atoms with van der Waals surface area (Å²) in [6.45, 7) is 1.48. The standard InChI is InChI=1S/C5H10N2O2/c6-4-3-9-2-1-7-5(4)8/h4H,1-3,6H2,(H,7,8)/t4-/m1/s1. The molecule has 9 heavy (non-hydrogen) atoms. The zero-order valence-electron chi connectivity index (χ0n) is 5.09. The first-order valence-corrected chi connectivity index (χ1v) is 2.92. The molecule has 1 aliphatic heterocycles. The van der Waals surface area contributed by atoms with E-state index in [1.807, 2.05) is 0 Å². The van der Waals surface area contributed by atoms with Gasteiger partial charge < -0.3 is 15.8 Å². The highest BCUT2D eigenvalue weighted by atomic mass is 16.5. The van der Waals surface area contributed by atoms with Gasteiger partial charge in [-0.15, -0.1) is 0 Å². The molecule has 0 radical (unpaired) electrons. The number of hydrogen-bond acceptors (Lipinski definition) is 3. The molecule has 4 nitrogen and oxygen atoms in total. The van der Waals surface area contributed by atoms with Gasteiger partial charge in [0.2, 0.25) is 5.91 Å². The van der Waals surface area contributed by atoms with Gasteiger partial charge in [0.25, 0.3) is 0 Å². The highest BCUT2D eigenvalue weighted by Crippen LogP contribution is 1.86. The van der Waals surface area contributed by atoms with E-state index in [1.165, 1.54) is 0 Å². The number of ether oxygens (including phenoxy) is 1. The third kappa shape index (κ3) is 1.65. The average molecular weight is 130 g/mol. The van der Waals surface area contributed by atoms with Crippen molar-refractivity contribution in [3.05, 3.63) is 0 Å². The van der Waals surface area contributed by atoms with E-state index in [9.17, 15) is 4.79 Å². The van der Waals surface area contributed by atoms with Crippen molar-refractivity contribution in [3.8, 4) is 0 Å². The molecule has 1 rings (SSSR count). The highest BCUT2D eigenvalue weighted by Gasteiger charge is 2.15. The molecule has 52 valence electrons. The lowest BCUT2D eigenvalue weighted by Crippen LogP contribution is -2.41. The maximum atomic E-state index is 10.7. The summed E-state index contributed by atoms with van der Waals surface area (Å²) in [6, 6.07) is -0.479. The van der Waals surface area contributed by atoms with Crippen LogP contribution < -0.4 is 11.1 Å². The first kappa shape index (κ1) is 6.51. The van der Waals surface area contributed by atoms with Crippen molar-refractivity contribution in [2.24, 2.45) is 5.73 Å². The van der Waals surface area contributed by atoms with Crippen molar-refractivity contribution in [3.63, 3.8) is 0 Å². The Kier molecular flexibility index (Phi) is 2.02. The zero-order valence-corrected chi connectivity index (χ0v) is 5.09. The first-order valence-electron chi connectivity index (χ1n) is 2.92. The van der Waals surface area contributed by atoms with Crippen molar-refractivity contribution in [1.82, 2.24) is 5.32 Å². The second-order valence-electron chi connectivity index (χ2n) is 1.97. The van der Waals surface area contributed by atoms with E-state index < -0.39 is 6.04 Å². The molecule has 0 saturated carbocycles. The molecular weight excluding hydrogens is 120 g/mol. The lowest BCUT2D eigenvalue weighted by molar-refractivity contribution is -0.122. The Balaban J connectivity index is 2.41. The molecule has 1 heterocycles.